The summed E-state index contributed by atoms with van der Waals surface area (Å²) in [6, 6.07) is 6.69. The molecule has 0 atom stereocenters. The number of carbonyl (C=O) groups excluding carboxylic acids is 1. The minimum absolute atomic E-state index is 0.163. The summed E-state index contributed by atoms with van der Waals surface area (Å²) in [5.41, 5.74) is 0. The number of amides is 2. The number of hydrogen-bond acceptors (Lipinski definition) is 3. The molecule has 0 fully saturated rings. The Morgan fingerprint density at radius 3 is 2.60 bits per heavy atom. The predicted molar refractivity (Wildman–Crippen MR) is 61.0 cm³/mol. The van der Waals surface area contributed by atoms with E-state index in [1.165, 1.54) is 11.8 Å². The Balaban J connectivity index is 2.26. The van der Waals surface area contributed by atoms with Gasteiger partial charge in [-0.25, -0.2) is 4.79 Å². The van der Waals surface area contributed by atoms with Crippen LogP contribution < -0.4 is 10.6 Å². The monoisotopic (exact) mass is 226 g/mol. The Kier molecular flexibility index (Phi) is 4.83. The molecular weight excluding hydrogens is 212 g/mol. The Hall–Kier alpha value is -1.36. The zero-order valence-corrected chi connectivity index (χ0v) is 9.30. The van der Waals surface area contributed by atoms with Crippen LogP contribution in [-0.4, -0.2) is 23.6 Å². The molecule has 1 aromatic carbocycles. The van der Waals surface area contributed by atoms with Crippen LogP contribution in [0.5, 0.6) is 5.75 Å². The maximum atomic E-state index is 11.0. The van der Waals surface area contributed by atoms with Gasteiger partial charge in [0.25, 0.3) is 0 Å². The molecule has 0 heterocycles. The summed E-state index contributed by atoms with van der Waals surface area (Å²) in [6.45, 7) is 2.49. The molecule has 0 aliphatic rings. The quantitative estimate of drug-likeness (QED) is 0.541. The second-order valence-electron chi connectivity index (χ2n) is 2.82. The molecule has 0 unspecified atom stereocenters. The number of phenols is 1. The summed E-state index contributed by atoms with van der Waals surface area (Å²) in [6.07, 6.45) is 0. The molecule has 0 aliphatic carbocycles. The Morgan fingerprint density at radius 2 is 2.00 bits per heavy atom. The van der Waals surface area contributed by atoms with E-state index in [1.54, 1.807) is 24.3 Å². The smallest absolute Gasteiger partial charge is 0.315 e. The predicted octanol–water partition coefficient (Wildman–Crippen LogP) is 1.76. The minimum atomic E-state index is -0.163. The first-order valence-electron chi connectivity index (χ1n) is 4.66. The van der Waals surface area contributed by atoms with E-state index in [1.807, 2.05) is 6.92 Å². The minimum Gasteiger partial charge on any atom is -0.508 e. The molecule has 0 aliphatic heterocycles. The van der Waals surface area contributed by atoms with Crippen molar-refractivity contribution < 1.29 is 9.90 Å². The molecule has 3 N–H and O–H groups in total. The average molecular weight is 226 g/mol. The van der Waals surface area contributed by atoms with Crippen LogP contribution in [0.15, 0.2) is 29.2 Å². The second-order valence-corrected chi connectivity index (χ2v) is 3.87. The van der Waals surface area contributed by atoms with Gasteiger partial charge in [-0.05, 0) is 31.2 Å². The van der Waals surface area contributed by atoms with E-state index >= 15 is 0 Å². The number of nitrogens with one attached hydrogen (secondary N) is 2. The summed E-state index contributed by atoms with van der Waals surface area (Å²) in [5, 5.41) is 14.4. The van der Waals surface area contributed by atoms with Gasteiger partial charge in [-0.3, -0.25) is 0 Å². The van der Waals surface area contributed by atoms with E-state index in [4.69, 9.17) is 5.11 Å². The van der Waals surface area contributed by atoms with Gasteiger partial charge in [-0.2, -0.15) is 0 Å². The Morgan fingerprint density at radius 1 is 1.33 bits per heavy atom. The summed E-state index contributed by atoms with van der Waals surface area (Å²) < 4.78 is 0. The maximum Gasteiger partial charge on any atom is 0.315 e. The SMILES string of the molecule is CCNC(=O)NCSc1ccc(O)cc1. The van der Waals surface area contributed by atoms with Crippen LogP contribution in [0, 0.1) is 0 Å². The summed E-state index contributed by atoms with van der Waals surface area (Å²) in [7, 11) is 0. The van der Waals surface area contributed by atoms with E-state index in [0.29, 0.717) is 12.4 Å². The van der Waals surface area contributed by atoms with Gasteiger partial charge in [0.2, 0.25) is 0 Å². The number of urea groups is 1. The van der Waals surface area contributed by atoms with Crippen LogP contribution in [0.4, 0.5) is 4.79 Å². The van der Waals surface area contributed by atoms with Crippen molar-refractivity contribution in [3.8, 4) is 5.75 Å². The van der Waals surface area contributed by atoms with Crippen LogP contribution in [0.3, 0.4) is 0 Å². The molecule has 82 valence electrons. The summed E-state index contributed by atoms with van der Waals surface area (Å²) in [4.78, 5) is 12.0. The molecular formula is C10H14N2O2S. The molecule has 2 amide bonds. The first-order valence-corrected chi connectivity index (χ1v) is 5.64. The number of thioether (sulfide) groups is 1. The number of aromatic hydroxyl groups is 1. The third-order valence-electron chi connectivity index (χ3n) is 1.65. The standard InChI is InChI=1S/C10H14N2O2S/c1-2-11-10(14)12-7-15-9-5-3-8(13)4-6-9/h3-6,13H,2,7H2,1H3,(H2,11,12,14). The third-order valence-corrected chi connectivity index (χ3v) is 2.54. The molecule has 0 bridgehead atoms. The molecule has 0 saturated carbocycles. The Bertz CT molecular complexity index is 314. The number of hydrogen-bond donors (Lipinski definition) is 3. The number of phenolic OH excluding ortho intramolecular Hbond substituents is 1. The van der Waals surface area contributed by atoms with Crippen molar-refractivity contribution in [3.63, 3.8) is 0 Å². The van der Waals surface area contributed by atoms with Crippen LogP contribution >= 0.6 is 11.8 Å². The van der Waals surface area contributed by atoms with Crippen LogP contribution in [0.25, 0.3) is 0 Å². The topological polar surface area (TPSA) is 61.4 Å². The number of rotatable bonds is 4. The second kappa shape index (κ2) is 6.19. The maximum absolute atomic E-state index is 11.0. The van der Waals surface area contributed by atoms with Crippen molar-refractivity contribution in [2.75, 3.05) is 12.4 Å². The van der Waals surface area contributed by atoms with Crippen molar-refractivity contribution in [2.24, 2.45) is 0 Å². The molecule has 0 spiro atoms. The lowest BCUT2D eigenvalue weighted by molar-refractivity contribution is 0.243. The van der Waals surface area contributed by atoms with Crippen molar-refractivity contribution in [1.82, 2.24) is 10.6 Å². The van der Waals surface area contributed by atoms with Gasteiger partial charge in [-0.15, -0.1) is 11.8 Å². The molecule has 1 aromatic rings. The van der Waals surface area contributed by atoms with E-state index < -0.39 is 0 Å². The molecule has 1 rings (SSSR count). The molecule has 5 heteroatoms. The van der Waals surface area contributed by atoms with Crippen molar-refractivity contribution in [3.05, 3.63) is 24.3 Å². The fraction of sp³-hybridized carbons (Fsp3) is 0.300. The van der Waals surface area contributed by atoms with Crippen molar-refractivity contribution >= 4 is 17.8 Å². The lowest BCUT2D eigenvalue weighted by Crippen LogP contribution is -2.34. The van der Waals surface area contributed by atoms with Crippen LogP contribution in [-0.2, 0) is 0 Å². The van der Waals surface area contributed by atoms with E-state index in [0.717, 1.165) is 4.90 Å². The number of benzene rings is 1. The van der Waals surface area contributed by atoms with Crippen molar-refractivity contribution in [2.45, 2.75) is 11.8 Å². The first-order chi connectivity index (χ1) is 7.22. The summed E-state index contributed by atoms with van der Waals surface area (Å²) in [5.74, 6) is 0.757. The van der Waals surface area contributed by atoms with Gasteiger partial charge in [0, 0.05) is 11.4 Å². The van der Waals surface area contributed by atoms with Gasteiger partial charge in [0.15, 0.2) is 0 Å². The van der Waals surface area contributed by atoms with Crippen LogP contribution in [0.1, 0.15) is 6.92 Å². The highest BCUT2D eigenvalue weighted by Gasteiger charge is 1.97. The normalized spacial score (nSPS) is 9.67. The average Bonchev–Trinajstić information content (AvgIpc) is 2.21. The zero-order valence-electron chi connectivity index (χ0n) is 8.49. The molecule has 15 heavy (non-hydrogen) atoms. The fourth-order valence-corrected chi connectivity index (χ4v) is 1.65. The highest BCUT2D eigenvalue weighted by atomic mass is 32.2. The largest absolute Gasteiger partial charge is 0.508 e. The molecule has 4 nitrogen and oxygen atoms in total. The Labute approximate surface area is 93.1 Å². The van der Waals surface area contributed by atoms with Gasteiger partial charge >= 0.3 is 6.03 Å². The van der Waals surface area contributed by atoms with Crippen molar-refractivity contribution in [1.29, 1.82) is 0 Å². The molecule has 0 radical (unpaired) electrons. The van der Waals surface area contributed by atoms with Gasteiger partial charge < -0.3 is 15.7 Å². The highest BCUT2D eigenvalue weighted by molar-refractivity contribution is 7.99. The zero-order chi connectivity index (χ0) is 11.1. The van der Waals surface area contributed by atoms with Gasteiger partial charge in [0.05, 0.1) is 5.88 Å². The third kappa shape index (κ3) is 4.60. The van der Waals surface area contributed by atoms with Gasteiger partial charge in [-0.1, -0.05) is 0 Å². The fourth-order valence-electron chi connectivity index (χ4n) is 0.950. The first kappa shape index (κ1) is 11.7. The number of carbonyl (C=O) groups is 1. The van der Waals surface area contributed by atoms with E-state index in [9.17, 15) is 4.79 Å². The summed E-state index contributed by atoms with van der Waals surface area (Å²) >= 11 is 1.50. The van der Waals surface area contributed by atoms with Gasteiger partial charge in [0.1, 0.15) is 5.75 Å². The lowest BCUT2D eigenvalue weighted by Gasteiger charge is -2.05. The lowest BCUT2D eigenvalue weighted by atomic mass is 10.3. The molecule has 0 aromatic heterocycles. The highest BCUT2D eigenvalue weighted by Crippen LogP contribution is 2.19. The molecule has 0 saturated heterocycles. The van der Waals surface area contributed by atoms with E-state index in [-0.39, 0.29) is 11.8 Å². The van der Waals surface area contributed by atoms with Crippen LogP contribution in [0.2, 0.25) is 0 Å². The van der Waals surface area contributed by atoms with E-state index in [2.05, 4.69) is 10.6 Å².